The van der Waals surface area contributed by atoms with Crippen LogP contribution in [-0.2, 0) is 26.2 Å². The third-order valence-electron chi connectivity index (χ3n) is 6.49. The predicted molar refractivity (Wildman–Crippen MR) is 164 cm³/mol. The molecule has 0 unspecified atom stereocenters. The highest BCUT2D eigenvalue weighted by Gasteiger charge is 2.33. The molecule has 9 heteroatoms. The number of sulfonamides is 1. The number of nitrogens with zero attached hydrogens (tertiary/aromatic N) is 2. The maximum Gasteiger partial charge on any atom is 0.264 e. The predicted octanol–water partition coefficient (Wildman–Crippen LogP) is 5.84. The number of rotatable bonds is 12. The second-order valence-corrected chi connectivity index (χ2v) is 13.2. The van der Waals surface area contributed by atoms with Gasteiger partial charge in [0, 0.05) is 17.6 Å². The monoisotopic (exact) mass is 627 g/mol. The van der Waals surface area contributed by atoms with Crippen molar-refractivity contribution in [3.05, 3.63) is 94.0 Å². The molecule has 0 saturated carbocycles. The number of carbonyl (C=O) groups is 2. The molecule has 3 aromatic rings. The van der Waals surface area contributed by atoms with E-state index in [0.29, 0.717) is 23.1 Å². The van der Waals surface area contributed by atoms with Gasteiger partial charge in [0.1, 0.15) is 12.6 Å². The molecule has 0 aliphatic heterocycles. The van der Waals surface area contributed by atoms with Gasteiger partial charge in [-0.15, -0.1) is 0 Å². The second kappa shape index (κ2) is 13.9. The average Bonchev–Trinajstić information content (AvgIpc) is 2.90. The van der Waals surface area contributed by atoms with E-state index < -0.39 is 28.5 Å². The van der Waals surface area contributed by atoms with Crippen molar-refractivity contribution < 1.29 is 18.0 Å². The largest absolute Gasteiger partial charge is 0.354 e. The second-order valence-electron chi connectivity index (χ2n) is 10.4. The molecular formula is C31H38BrN3O4S. The summed E-state index contributed by atoms with van der Waals surface area (Å²) in [6, 6.07) is 20.3. The molecule has 0 heterocycles. The Morgan fingerprint density at radius 3 is 2.20 bits per heavy atom. The topological polar surface area (TPSA) is 86.8 Å². The first-order valence-electron chi connectivity index (χ1n) is 13.4. The summed E-state index contributed by atoms with van der Waals surface area (Å²) in [6.07, 6.45) is 0.378. The summed E-state index contributed by atoms with van der Waals surface area (Å²) in [7, 11) is -4.11. The average molecular weight is 629 g/mol. The van der Waals surface area contributed by atoms with E-state index in [9.17, 15) is 18.0 Å². The number of benzene rings is 3. The van der Waals surface area contributed by atoms with Crippen LogP contribution in [0.3, 0.4) is 0 Å². The van der Waals surface area contributed by atoms with Crippen molar-refractivity contribution in [2.45, 2.75) is 58.5 Å². The molecule has 0 aliphatic carbocycles. The fourth-order valence-corrected chi connectivity index (χ4v) is 6.14. The summed E-state index contributed by atoms with van der Waals surface area (Å²) in [5.74, 6) is -0.481. The summed E-state index contributed by atoms with van der Waals surface area (Å²) in [4.78, 5) is 29.0. The Morgan fingerprint density at radius 1 is 0.925 bits per heavy atom. The van der Waals surface area contributed by atoms with Crippen molar-refractivity contribution in [3.8, 4) is 0 Å². The van der Waals surface area contributed by atoms with Crippen molar-refractivity contribution in [1.82, 2.24) is 10.2 Å². The number of hydrogen-bond acceptors (Lipinski definition) is 4. The fraction of sp³-hybridized carbons (Fsp3) is 0.355. The molecule has 0 aliphatic rings. The molecule has 1 N–H and O–H groups in total. The molecule has 0 bridgehead atoms. The molecule has 0 spiro atoms. The van der Waals surface area contributed by atoms with Gasteiger partial charge >= 0.3 is 0 Å². The Labute approximate surface area is 246 Å². The van der Waals surface area contributed by atoms with Crippen molar-refractivity contribution in [3.63, 3.8) is 0 Å². The van der Waals surface area contributed by atoms with E-state index >= 15 is 0 Å². The SMILES string of the molecule is CC[C@H](C(=O)NCC(C)C)N(Cc1cccc(C)c1)C(=O)CN(c1cccc(Br)c1)S(=O)(=O)c1ccc(C)cc1. The summed E-state index contributed by atoms with van der Waals surface area (Å²) in [5.41, 5.74) is 3.15. The lowest BCUT2D eigenvalue weighted by molar-refractivity contribution is -0.140. The number of aryl methyl sites for hydroxylation is 2. The third kappa shape index (κ3) is 8.17. The first-order chi connectivity index (χ1) is 18.9. The Morgan fingerprint density at radius 2 is 1.60 bits per heavy atom. The minimum Gasteiger partial charge on any atom is -0.354 e. The standard InChI is InChI=1S/C31H38BrN3O4S/c1-6-29(31(37)33-19-22(2)3)34(20-25-10-7-9-24(5)17-25)30(36)21-35(27-12-8-11-26(32)18-27)40(38,39)28-15-13-23(4)14-16-28/h7-18,22,29H,6,19-21H2,1-5H3,(H,33,37)/t29-/m1/s1. The lowest BCUT2D eigenvalue weighted by Crippen LogP contribution is -2.52. The van der Waals surface area contributed by atoms with Crippen molar-refractivity contribution in [1.29, 1.82) is 0 Å². The zero-order chi connectivity index (χ0) is 29.4. The van der Waals surface area contributed by atoms with Gasteiger partial charge in [-0.05, 0) is 62.1 Å². The zero-order valence-corrected chi connectivity index (χ0v) is 26.1. The lowest BCUT2D eigenvalue weighted by Gasteiger charge is -2.33. The highest BCUT2D eigenvalue weighted by atomic mass is 79.9. The van der Waals surface area contributed by atoms with Gasteiger partial charge in [0.05, 0.1) is 10.6 Å². The molecule has 0 radical (unpaired) electrons. The van der Waals surface area contributed by atoms with Crippen LogP contribution in [0.1, 0.15) is 43.9 Å². The molecule has 2 amide bonds. The normalized spacial score (nSPS) is 12.2. The van der Waals surface area contributed by atoms with Crippen LogP contribution in [-0.4, -0.2) is 44.3 Å². The van der Waals surface area contributed by atoms with Crippen molar-refractivity contribution in [2.24, 2.45) is 5.92 Å². The smallest absolute Gasteiger partial charge is 0.264 e. The molecule has 40 heavy (non-hydrogen) atoms. The molecule has 3 aromatic carbocycles. The molecule has 0 saturated heterocycles. The first kappa shape index (κ1) is 31.4. The molecule has 3 rings (SSSR count). The molecule has 1 atom stereocenters. The molecular weight excluding hydrogens is 590 g/mol. The molecule has 0 fully saturated rings. The van der Waals surface area contributed by atoms with E-state index in [1.807, 2.05) is 58.9 Å². The van der Waals surface area contributed by atoms with Crippen molar-refractivity contribution >= 4 is 43.5 Å². The minimum absolute atomic E-state index is 0.0813. The lowest BCUT2D eigenvalue weighted by atomic mass is 10.1. The van der Waals surface area contributed by atoms with Crippen LogP contribution in [0.15, 0.2) is 82.2 Å². The van der Waals surface area contributed by atoms with Gasteiger partial charge in [-0.25, -0.2) is 8.42 Å². The highest BCUT2D eigenvalue weighted by molar-refractivity contribution is 9.10. The van der Waals surface area contributed by atoms with Gasteiger partial charge in [-0.1, -0.05) is 90.3 Å². The maximum atomic E-state index is 14.1. The van der Waals surface area contributed by atoms with Gasteiger partial charge < -0.3 is 10.2 Å². The van der Waals surface area contributed by atoms with Crippen LogP contribution in [0.25, 0.3) is 0 Å². The highest BCUT2D eigenvalue weighted by Crippen LogP contribution is 2.27. The van der Waals surface area contributed by atoms with Crippen LogP contribution < -0.4 is 9.62 Å². The summed E-state index contributed by atoms with van der Waals surface area (Å²) < 4.78 is 29.7. The number of carbonyl (C=O) groups excluding carboxylic acids is 2. The van der Waals surface area contributed by atoms with E-state index in [4.69, 9.17) is 0 Å². The minimum atomic E-state index is -4.11. The van der Waals surface area contributed by atoms with Gasteiger partial charge in [-0.3, -0.25) is 13.9 Å². The van der Waals surface area contributed by atoms with E-state index in [-0.39, 0.29) is 23.3 Å². The summed E-state index contributed by atoms with van der Waals surface area (Å²) in [6.45, 7) is 9.89. The van der Waals surface area contributed by atoms with Gasteiger partial charge in [0.15, 0.2) is 0 Å². The van der Waals surface area contributed by atoms with Crippen molar-refractivity contribution in [2.75, 3.05) is 17.4 Å². The number of hydrogen-bond donors (Lipinski definition) is 1. The van der Waals surface area contributed by atoms with E-state index in [2.05, 4.69) is 21.2 Å². The van der Waals surface area contributed by atoms with Crippen LogP contribution in [0, 0.1) is 19.8 Å². The fourth-order valence-electron chi connectivity index (χ4n) is 4.35. The van der Waals surface area contributed by atoms with E-state index in [0.717, 1.165) is 21.0 Å². The molecule has 7 nitrogen and oxygen atoms in total. The number of nitrogens with one attached hydrogen (secondary N) is 1. The Kier molecular flexibility index (Phi) is 10.9. The Balaban J connectivity index is 2.05. The molecule has 214 valence electrons. The van der Waals surface area contributed by atoms with Gasteiger partial charge in [0.2, 0.25) is 11.8 Å². The molecule has 0 aromatic heterocycles. The maximum absolute atomic E-state index is 14.1. The number of amides is 2. The van der Waals surface area contributed by atoms with Crippen LogP contribution in [0.5, 0.6) is 0 Å². The third-order valence-corrected chi connectivity index (χ3v) is 8.77. The van der Waals surface area contributed by atoms with Crippen LogP contribution in [0.4, 0.5) is 5.69 Å². The number of halogens is 1. The number of anilines is 1. The quantitative estimate of drug-likeness (QED) is 0.273. The van der Waals surface area contributed by atoms with E-state index in [1.54, 1.807) is 48.5 Å². The Hall–Kier alpha value is -3.17. The summed E-state index contributed by atoms with van der Waals surface area (Å²) >= 11 is 3.42. The van der Waals surface area contributed by atoms with E-state index in [1.165, 1.54) is 4.90 Å². The van der Waals surface area contributed by atoms with Crippen LogP contribution in [0.2, 0.25) is 0 Å². The van der Waals surface area contributed by atoms with Gasteiger partial charge in [0.25, 0.3) is 10.0 Å². The first-order valence-corrected chi connectivity index (χ1v) is 15.6. The van der Waals surface area contributed by atoms with Gasteiger partial charge in [-0.2, -0.15) is 0 Å². The Bertz CT molecular complexity index is 1420. The zero-order valence-electron chi connectivity index (χ0n) is 23.7. The summed E-state index contributed by atoms with van der Waals surface area (Å²) in [5, 5.41) is 2.95. The van der Waals surface area contributed by atoms with Crippen LogP contribution >= 0.6 is 15.9 Å².